The van der Waals surface area contributed by atoms with E-state index in [1.165, 1.54) is 12.8 Å². The van der Waals surface area contributed by atoms with E-state index in [0.29, 0.717) is 0 Å². The second-order valence-electron chi connectivity index (χ2n) is 3.73. The molecule has 2 rings (SSSR count). The standard InChI is InChI=1S/2C6H7.2ClH.Zr/c2*1-6-4-2-3-5-6;;;/h2*2-3H,4H2,1H3;2*1H;/q;;;;+2/p-2. The van der Waals surface area contributed by atoms with Crippen molar-refractivity contribution in [1.29, 1.82) is 0 Å². The van der Waals surface area contributed by atoms with Gasteiger partial charge < -0.3 is 24.8 Å². The minimum atomic E-state index is -0.434. The molecule has 0 heterocycles. The average Bonchev–Trinajstić information content (AvgIpc) is 2.65. The third-order valence-electron chi connectivity index (χ3n) is 2.61. The number of allylic oxidation sites excluding steroid dienone is 8. The molecule has 0 aromatic rings. The van der Waals surface area contributed by atoms with E-state index in [1.54, 1.807) is 17.7 Å². The van der Waals surface area contributed by atoms with E-state index in [1.807, 2.05) is 0 Å². The molecule has 2 aliphatic rings. The van der Waals surface area contributed by atoms with Crippen molar-refractivity contribution >= 4 is 0 Å². The molecule has 0 amide bonds. The Kier molecular flexibility index (Phi) is 7.08. The molecule has 0 atom stereocenters. The Morgan fingerprint density at radius 3 is 1.53 bits per heavy atom. The minimum absolute atomic E-state index is 0. The third-order valence-corrected chi connectivity index (χ3v) is 6.85. The molecule has 0 aromatic carbocycles. The van der Waals surface area contributed by atoms with E-state index in [2.05, 4.69) is 38.2 Å². The number of hydrogen-bond donors (Lipinski definition) is 0. The van der Waals surface area contributed by atoms with Crippen LogP contribution in [-0.4, -0.2) is 0 Å². The number of rotatable bonds is 2. The van der Waals surface area contributed by atoms with Crippen LogP contribution in [0.3, 0.4) is 0 Å². The van der Waals surface area contributed by atoms with Crippen LogP contribution in [0.25, 0.3) is 0 Å². The van der Waals surface area contributed by atoms with Gasteiger partial charge in [-0.15, -0.1) is 0 Å². The largest absolute Gasteiger partial charge is 1.00 e. The molecule has 0 N–H and O–H groups in total. The van der Waals surface area contributed by atoms with Crippen molar-refractivity contribution in [2.45, 2.75) is 26.7 Å². The summed E-state index contributed by atoms with van der Waals surface area (Å²) in [4.78, 5) is 0. The number of hydrogen-bond acceptors (Lipinski definition) is 0. The molecule has 0 aliphatic heterocycles. The SMILES string of the molecule is CC1=[C]([Zr+2][C]2=C(C)CC=C2)C=CC1.[Cl-].[Cl-]. The van der Waals surface area contributed by atoms with E-state index >= 15 is 0 Å². The van der Waals surface area contributed by atoms with Crippen LogP contribution in [0.4, 0.5) is 0 Å². The normalized spacial score (nSPS) is 17.7. The maximum absolute atomic E-state index is 2.36. The molecular weight excluding hydrogens is 306 g/mol. The van der Waals surface area contributed by atoms with Crippen LogP contribution in [-0.2, 0) is 23.2 Å². The van der Waals surface area contributed by atoms with Gasteiger partial charge in [-0.3, -0.25) is 0 Å². The van der Waals surface area contributed by atoms with Gasteiger partial charge in [0.15, 0.2) is 0 Å². The van der Waals surface area contributed by atoms with Crippen LogP contribution in [0.2, 0.25) is 0 Å². The molecule has 0 unspecified atom stereocenters. The van der Waals surface area contributed by atoms with E-state index in [-0.39, 0.29) is 24.8 Å². The van der Waals surface area contributed by atoms with Crippen LogP contribution in [0.5, 0.6) is 0 Å². The molecule has 0 spiro atoms. The van der Waals surface area contributed by atoms with Gasteiger partial charge in [0.1, 0.15) is 0 Å². The van der Waals surface area contributed by atoms with Gasteiger partial charge in [-0.2, -0.15) is 0 Å². The first-order valence-electron chi connectivity index (χ1n) is 4.77. The Bertz CT molecular complexity index is 315. The zero-order chi connectivity index (χ0) is 9.26. The zero-order valence-corrected chi connectivity index (χ0v) is 12.9. The first-order valence-corrected chi connectivity index (χ1v) is 7.23. The van der Waals surface area contributed by atoms with Gasteiger partial charge in [0, 0.05) is 0 Å². The molecule has 0 saturated heterocycles. The van der Waals surface area contributed by atoms with Gasteiger partial charge >= 0.3 is 91.9 Å². The topological polar surface area (TPSA) is 0 Å². The summed E-state index contributed by atoms with van der Waals surface area (Å²) in [5, 5.41) is 0. The monoisotopic (exact) mass is 318 g/mol. The molecule has 0 saturated carbocycles. The Balaban J connectivity index is 0.000000980. The molecule has 0 aromatic heterocycles. The predicted molar refractivity (Wildman–Crippen MR) is 52.9 cm³/mol. The third kappa shape index (κ3) is 3.73. The summed E-state index contributed by atoms with van der Waals surface area (Å²) in [6, 6.07) is 0. The van der Waals surface area contributed by atoms with Crippen LogP contribution in [0, 0.1) is 0 Å². The maximum atomic E-state index is 2.36. The van der Waals surface area contributed by atoms with Crippen molar-refractivity contribution in [3.63, 3.8) is 0 Å². The average molecular weight is 320 g/mol. The van der Waals surface area contributed by atoms with Gasteiger partial charge in [0.25, 0.3) is 0 Å². The maximum Gasteiger partial charge on any atom is -1.00 e. The van der Waals surface area contributed by atoms with Gasteiger partial charge in [-0.25, -0.2) is 0 Å². The second-order valence-corrected chi connectivity index (χ2v) is 6.99. The summed E-state index contributed by atoms with van der Waals surface area (Å²) < 4.78 is 3.40. The summed E-state index contributed by atoms with van der Waals surface area (Å²) in [5.41, 5.74) is 3.24. The molecule has 0 radical (unpaired) electrons. The quantitative estimate of drug-likeness (QED) is 0.530. The van der Waals surface area contributed by atoms with Crippen molar-refractivity contribution in [2.24, 2.45) is 0 Å². The fourth-order valence-corrected chi connectivity index (χ4v) is 4.91. The van der Waals surface area contributed by atoms with Gasteiger partial charge in [0.05, 0.1) is 0 Å². The summed E-state index contributed by atoms with van der Waals surface area (Å²) >= 11 is -0.434. The van der Waals surface area contributed by atoms with Crippen molar-refractivity contribution in [2.75, 3.05) is 0 Å². The minimum Gasteiger partial charge on any atom is -1.00 e. The van der Waals surface area contributed by atoms with E-state index in [4.69, 9.17) is 0 Å². The van der Waals surface area contributed by atoms with Crippen molar-refractivity contribution in [3.8, 4) is 0 Å². The van der Waals surface area contributed by atoms with Crippen LogP contribution >= 0.6 is 0 Å². The Labute approximate surface area is 116 Å². The molecule has 0 fully saturated rings. The molecule has 15 heavy (non-hydrogen) atoms. The summed E-state index contributed by atoms with van der Waals surface area (Å²) in [6.45, 7) is 4.56. The first-order chi connectivity index (χ1) is 6.27. The Morgan fingerprint density at radius 2 is 1.27 bits per heavy atom. The van der Waals surface area contributed by atoms with Gasteiger partial charge in [-0.1, -0.05) is 0 Å². The smallest absolute Gasteiger partial charge is 1.00 e. The van der Waals surface area contributed by atoms with Crippen molar-refractivity contribution in [1.82, 2.24) is 0 Å². The van der Waals surface area contributed by atoms with E-state index in [9.17, 15) is 0 Å². The summed E-state index contributed by atoms with van der Waals surface area (Å²) in [7, 11) is 0. The molecule has 2 aliphatic carbocycles. The molecule has 80 valence electrons. The zero-order valence-electron chi connectivity index (χ0n) is 8.98. The molecule has 0 bridgehead atoms. The first kappa shape index (κ1) is 15.4. The van der Waals surface area contributed by atoms with Crippen molar-refractivity contribution in [3.05, 3.63) is 42.0 Å². The summed E-state index contributed by atoms with van der Waals surface area (Å²) in [5.74, 6) is 0. The van der Waals surface area contributed by atoms with Crippen molar-refractivity contribution < 1.29 is 48.0 Å². The molecular formula is C12H14Cl2Zr. The summed E-state index contributed by atoms with van der Waals surface area (Å²) in [6.07, 6.45) is 11.7. The van der Waals surface area contributed by atoms with E-state index < -0.39 is 23.2 Å². The van der Waals surface area contributed by atoms with Crippen LogP contribution < -0.4 is 24.8 Å². The van der Waals surface area contributed by atoms with Gasteiger partial charge in [-0.05, 0) is 0 Å². The number of halogens is 2. The predicted octanol–water partition coefficient (Wildman–Crippen LogP) is -2.46. The fraction of sp³-hybridized carbons (Fsp3) is 0.333. The Morgan fingerprint density at radius 1 is 0.867 bits per heavy atom. The van der Waals surface area contributed by atoms with E-state index in [0.717, 1.165) is 0 Å². The van der Waals surface area contributed by atoms with Crippen LogP contribution in [0.1, 0.15) is 26.7 Å². The Hall–Kier alpha value is 0.423. The second kappa shape index (κ2) is 6.89. The fourth-order valence-electron chi connectivity index (χ4n) is 1.65. The molecule has 3 heteroatoms. The van der Waals surface area contributed by atoms with Crippen LogP contribution in [0.15, 0.2) is 42.0 Å². The van der Waals surface area contributed by atoms with Gasteiger partial charge in [0.2, 0.25) is 0 Å². The molecule has 0 nitrogen and oxygen atoms in total.